The van der Waals surface area contributed by atoms with Crippen LogP contribution in [-0.4, -0.2) is 44.9 Å². The van der Waals surface area contributed by atoms with Gasteiger partial charge in [-0.25, -0.2) is 12.8 Å². The Balaban J connectivity index is 1.56. The third-order valence-corrected chi connectivity index (χ3v) is 6.67. The number of benzene rings is 2. The number of amides is 1. The van der Waals surface area contributed by atoms with E-state index in [1.54, 1.807) is 0 Å². The molecule has 1 aliphatic rings. The summed E-state index contributed by atoms with van der Waals surface area (Å²) in [6.07, 6.45) is 4.22. The van der Waals surface area contributed by atoms with Crippen molar-refractivity contribution in [1.29, 1.82) is 0 Å². The third-order valence-electron chi connectivity index (χ3n) is 5.27. The summed E-state index contributed by atoms with van der Waals surface area (Å²) in [5.41, 5.74) is 0.688. The lowest BCUT2D eigenvalue weighted by Gasteiger charge is -2.32. The zero-order valence-electron chi connectivity index (χ0n) is 17.1. The van der Waals surface area contributed by atoms with Crippen molar-refractivity contribution in [3.8, 4) is 0 Å². The quantitative estimate of drug-likeness (QED) is 0.667. The van der Waals surface area contributed by atoms with Crippen LogP contribution in [0.15, 0.2) is 53.4 Å². The van der Waals surface area contributed by atoms with Crippen LogP contribution in [0.5, 0.6) is 0 Å². The number of hydrogen-bond acceptors (Lipinski definition) is 4. The molecule has 6 nitrogen and oxygen atoms in total. The maximum absolute atomic E-state index is 13.0. The number of nitrogens with zero attached hydrogens (tertiary/aromatic N) is 1. The summed E-state index contributed by atoms with van der Waals surface area (Å²) in [6, 6.07) is 11.0. The molecule has 1 amide bonds. The van der Waals surface area contributed by atoms with E-state index in [1.807, 2.05) is 0 Å². The number of carbonyl (C=O) groups excluding carboxylic acids is 1. The zero-order valence-corrected chi connectivity index (χ0v) is 17.9. The molecular weight excluding hydrogens is 405 g/mol. The largest absolute Gasteiger partial charge is 0.349 e. The number of unbranched alkanes of at least 4 members (excludes halogenated alkanes) is 1. The van der Waals surface area contributed by atoms with Gasteiger partial charge in [-0.1, -0.05) is 13.3 Å². The molecule has 1 fully saturated rings. The molecule has 0 saturated carbocycles. The Hall–Kier alpha value is -2.45. The highest BCUT2D eigenvalue weighted by Gasteiger charge is 2.21. The molecule has 162 valence electrons. The Kier molecular flexibility index (Phi) is 7.44. The van der Waals surface area contributed by atoms with Crippen LogP contribution >= 0.6 is 0 Å². The van der Waals surface area contributed by atoms with Crippen LogP contribution in [0.2, 0.25) is 0 Å². The van der Waals surface area contributed by atoms with Crippen molar-refractivity contribution in [3.63, 3.8) is 0 Å². The van der Waals surface area contributed by atoms with Gasteiger partial charge in [-0.05, 0) is 74.3 Å². The number of rotatable bonds is 8. The standard InChI is InChI=1S/C22H28FN3O3S/c1-2-3-14-26-15-12-19(13-16-26)24-22(27)17-4-10-21(11-5-17)30(28,29)25-20-8-6-18(23)7-9-20/h4-11,19,25H,2-3,12-16H2,1H3,(H,24,27). The molecule has 2 aromatic rings. The molecule has 0 radical (unpaired) electrons. The third kappa shape index (κ3) is 6.03. The van der Waals surface area contributed by atoms with Gasteiger partial charge in [-0.3, -0.25) is 9.52 Å². The fraction of sp³-hybridized carbons (Fsp3) is 0.409. The lowest BCUT2D eigenvalue weighted by molar-refractivity contribution is 0.0910. The maximum Gasteiger partial charge on any atom is 0.261 e. The molecule has 2 aromatic carbocycles. The molecular formula is C22H28FN3O3S. The van der Waals surface area contributed by atoms with E-state index in [1.165, 1.54) is 61.4 Å². The number of anilines is 1. The van der Waals surface area contributed by atoms with Gasteiger partial charge in [0.1, 0.15) is 5.82 Å². The van der Waals surface area contributed by atoms with Crippen LogP contribution in [0.25, 0.3) is 0 Å². The van der Waals surface area contributed by atoms with Gasteiger partial charge in [0.2, 0.25) is 0 Å². The number of carbonyl (C=O) groups is 1. The highest BCUT2D eigenvalue weighted by Crippen LogP contribution is 2.18. The number of halogens is 1. The van der Waals surface area contributed by atoms with E-state index in [0.29, 0.717) is 5.56 Å². The summed E-state index contributed by atoms with van der Waals surface area (Å²) in [4.78, 5) is 15.0. The van der Waals surface area contributed by atoms with E-state index >= 15 is 0 Å². The minimum absolute atomic E-state index is 0.0348. The molecule has 1 saturated heterocycles. The molecule has 2 N–H and O–H groups in total. The summed E-state index contributed by atoms with van der Waals surface area (Å²) in [5, 5.41) is 3.05. The highest BCUT2D eigenvalue weighted by molar-refractivity contribution is 7.92. The molecule has 0 unspecified atom stereocenters. The molecule has 0 aromatic heterocycles. The first-order valence-corrected chi connectivity index (χ1v) is 11.8. The van der Waals surface area contributed by atoms with E-state index in [2.05, 4.69) is 21.9 Å². The zero-order chi connectivity index (χ0) is 21.6. The number of likely N-dealkylation sites (tertiary alicyclic amines) is 1. The SMILES string of the molecule is CCCCN1CCC(NC(=O)c2ccc(S(=O)(=O)Nc3ccc(F)cc3)cc2)CC1. The van der Waals surface area contributed by atoms with Gasteiger partial charge < -0.3 is 10.2 Å². The monoisotopic (exact) mass is 433 g/mol. The first-order valence-electron chi connectivity index (χ1n) is 10.3. The molecule has 0 atom stereocenters. The average molecular weight is 434 g/mol. The van der Waals surface area contributed by atoms with Crippen LogP contribution in [0.3, 0.4) is 0 Å². The van der Waals surface area contributed by atoms with Gasteiger partial charge in [0.05, 0.1) is 4.90 Å². The van der Waals surface area contributed by atoms with E-state index < -0.39 is 15.8 Å². The van der Waals surface area contributed by atoms with E-state index in [-0.39, 0.29) is 22.5 Å². The van der Waals surface area contributed by atoms with E-state index in [4.69, 9.17) is 0 Å². The van der Waals surface area contributed by atoms with Gasteiger partial charge in [0.25, 0.3) is 15.9 Å². The summed E-state index contributed by atoms with van der Waals surface area (Å²) in [7, 11) is -3.82. The molecule has 8 heteroatoms. The molecule has 0 spiro atoms. The Morgan fingerprint density at radius 1 is 1.07 bits per heavy atom. The second kappa shape index (κ2) is 10.0. The second-order valence-electron chi connectivity index (χ2n) is 7.58. The van der Waals surface area contributed by atoms with Crippen molar-refractivity contribution >= 4 is 21.6 Å². The molecule has 0 aliphatic carbocycles. The first kappa shape index (κ1) is 22.2. The Labute approximate surface area is 177 Å². The Morgan fingerprint density at radius 3 is 2.30 bits per heavy atom. The van der Waals surface area contributed by atoms with Gasteiger partial charge in [-0.15, -0.1) is 0 Å². The molecule has 30 heavy (non-hydrogen) atoms. The smallest absolute Gasteiger partial charge is 0.261 e. The number of hydrogen-bond donors (Lipinski definition) is 2. The molecule has 1 heterocycles. The van der Waals surface area contributed by atoms with Crippen LogP contribution in [0.4, 0.5) is 10.1 Å². The summed E-state index contributed by atoms with van der Waals surface area (Å²) < 4.78 is 40.3. The topological polar surface area (TPSA) is 78.5 Å². The van der Waals surface area contributed by atoms with Crippen LogP contribution in [0.1, 0.15) is 43.0 Å². The van der Waals surface area contributed by atoms with Gasteiger partial charge in [-0.2, -0.15) is 0 Å². The van der Waals surface area contributed by atoms with E-state index in [9.17, 15) is 17.6 Å². The van der Waals surface area contributed by atoms with Crippen molar-refractivity contribution < 1.29 is 17.6 Å². The number of sulfonamides is 1. The minimum atomic E-state index is -3.82. The second-order valence-corrected chi connectivity index (χ2v) is 9.26. The van der Waals surface area contributed by atoms with Gasteiger partial charge in [0, 0.05) is 30.4 Å². The number of nitrogens with one attached hydrogen (secondary N) is 2. The summed E-state index contributed by atoms with van der Waals surface area (Å²) in [6.45, 7) is 5.26. The fourth-order valence-electron chi connectivity index (χ4n) is 3.47. The van der Waals surface area contributed by atoms with Crippen LogP contribution in [-0.2, 0) is 10.0 Å². The molecule has 3 rings (SSSR count). The minimum Gasteiger partial charge on any atom is -0.349 e. The summed E-state index contributed by atoms with van der Waals surface area (Å²) >= 11 is 0. The van der Waals surface area contributed by atoms with Crippen molar-refractivity contribution in [3.05, 3.63) is 59.9 Å². The van der Waals surface area contributed by atoms with Crippen molar-refractivity contribution in [2.75, 3.05) is 24.4 Å². The average Bonchev–Trinajstić information content (AvgIpc) is 2.75. The van der Waals surface area contributed by atoms with Crippen LogP contribution < -0.4 is 10.0 Å². The maximum atomic E-state index is 13.0. The van der Waals surface area contributed by atoms with Gasteiger partial charge in [0.15, 0.2) is 0 Å². The van der Waals surface area contributed by atoms with Crippen molar-refractivity contribution in [2.24, 2.45) is 0 Å². The Bertz CT molecular complexity index is 939. The first-order chi connectivity index (χ1) is 14.4. The Morgan fingerprint density at radius 2 is 1.70 bits per heavy atom. The van der Waals surface area contributed by atoms with Crippen molar-refractivity contribution in [1.82, 2.24) is 10.2 Å². The molecule has 0 bridgehead atoms. The lowest BCUT2D eigenvalue weighted by Crippen LogP contribution is -2.44. The van der Waals surface area contributed by atoms with Crippen molar-refractivity contribution in [2.45, 2.75) is 43.5 Å². The summed E-state index contributed by atoms with van der Waals surface area (Å²) in [5.74, 6) is -0.641. The van der Waals surface area contributed by atoms with E-state index in [0.717, 1.165) is 32.5 Å². The normalized spacial score (nSPS) is 15.7. The number of piperidine rings is 1. The lowest BCUT2D eigenvalue weighted by atomic mass is 10.0. The van der Waals surface area contributed by atoms with Crippen LogP contribution in [0, 0.1) is 5.82 Å². The predicted molar refractivity (Wildman–Crippen MR) is 115 cm³/mol. The fourth-order valence-corrected chi connectivity index (χ4v) is 4.53. The predicted octanol–water partition coefficient (Wildman–Crippen LogP) is 3.62. The molecule has 1 aliphatic heterocycles. The van der Waals surface area contributed by atoms with Gasteiger partial charge >= 0.3 is 0 Å². The highest BCUT2D eigenvalue weighted by atomic mass is 32.2.